The summed E-state index contributed by atoms with van der Waals surface area (Å²) in [5, 5.41) is 11.7. The van der Waals surface area contributed by atoms with Crippen LogP contribution in [0.25, 0.3) is 0 Å². The van der Waals surface area contributed by atoms with E-state index in [-0.39, 0.29) is 5.91 Å². The van der Waals surface area contributed by atoms with Gasteiger partial charge >= 0.3 is 0 Å². The molecule has 0 unspecified atom stereocenters. The van der Waals surface area contributed by atoms with Gasteiger partial charge in [0.15, 0.2) is 5.82 Å². The van der Waals surface area contributed by atoms with E-state index in [4.69, 9.17) is 4.74 Å². The van der Waals surface area contributed by atoms with E-state index in [0.717, 1.165) is 18.8 Å². The molecule has 1 aromatic rings. The number of aromatic nitrogens is 4. The lowest BCUT2D eigenvalue weighted by molar-refractivity contribution is -0.130. The Labute approximate surface area is 119 Å². The lowest BCUT2D eigenvalue weighted by Crippen LogP contribution is -2.38. The van der Waals surface area contributed by atoms with Crippen molar-refractivity contribution in [1.29, 1.82) is 0 Å². The van der Waals surface area contributed by atoms with Crippen molar-refractivity contribution in [2.75, 3.05) is 40.9 Å². The summed E-state index contributed by atoms with van der Waals surface area (Å²) < 4.78 is 6.86. The Bertz CT molecular complexity index is 406. The normalized spacial score (nSPS) is 11.1. The minimum absolute atomic E-state index is 0.0515. The van der Waals surface area contributed by atoms with Crippen LogP contribution >= 0.6 is 0 Å². The second kappa shape index (κ2) is 8.60. The SMILES string of the molecule is CCCn1nnnc1CN(CCOC)CC(=O)N(C)C. The number of amides is 1. The number of hydrogen-bond donors (Lipinski definition) is 0. The maximum atomic E-state index is 11.8. The largest absolute Gasteiger partial charge is 0.383 e. The maximum Gasteiger partial charge on any atom is 0.236 e. The second-order valence-electron chi connectivity index (χ2n) is 4.81. The molecule has 0 radical (unpaired) electrons. The number of hydrogen-bond acceptors (Lipinski definition) is 6. The van der Waals surface area contributed by atoms with Gasteiger partial charge in [-0.2, -0.15) is 0 Å². The average Bonchev–Trinajstić information content (AvgIpc) is 2.83. The van der Waals surface area contributed by atoms with Gasteiger partial charge in [0, 0.05) is 34.3 Å². The number of rotatable bonds is 9. The van der Waals surface area contributed by atoms with Crippen LogP contribution < -0.4 is 0 Å². The number of carbonyl (C=O) groups excluding carboxylic acids is 1. The Morgan fingerprint density at radius 2 is 2.15 bits per heavy atom. The zero-order valence-electron chi connectivity index (χ0n) is 12.7. The predicted molar refractivity (Wildman–Crippen MR) is 74.0 cm³/mol. The van der Waals surface area contributed by atoms with E-state index in [1.807, 2.05) is 4.90 Å². The summed E-state index contributed by atoms with van der Waals surface area (Å²) >= 11 is 0. The third kappa shape index (κ3) is 5.22. The summed E-state index contributed by atoms with van der Waals surface area (Å²) in [5.74, 6) is 0.824. The molecule has 0 fully saturated rings. The minimum atomic E-state index is 0.0515. The molecule has 20 heavy (non-hydrogen) atoms. The summed E-state index contributed by atoms with van der Waals surface area (Å²) in [4.78, 5) is 15.4. The van der Waals surface area contributed by atoms with Gasteiger partial charge in [-0.15, -0.1) is 5.10 Å². The minimum Gasteiger partial charge on any atom is -0.383 e. The predicted octanol–water partition coefficient (Wildman–Crippen LogP) is -0.380. The zero-order valence-corrected chi connectivity index (χ0v) is 12.7. The van der Waals surface area contributed by atoms with E-state index in [0.29, 0.717) is 26.2 Å². The molecule has 0 spiro atoms. The van der Waals surface area contributed by atoms with Crippen LogP contribution in [0.1, 0.15) is 19.2 Å². The van der Waals surface area contributed by atoms with Crippen LogP contribution in [0.5, 0.6) is 0 Å². The van der Waals surface area contributed by atoms with E-state index in [1.54, 1.807) is 30.8 Å². The molecular formula is C12H24N6O2. The van der Waals surface area contributed by atoms with Crippen molar-refractivity contribution in [3.8, 4) is 0 Å². The van der Waals surface area contributed by atoms with Gasteiger partial charge in [-0.25, -0.2) is 4.68 Å². The van der Waals surface area contributed by atoms with Crippen LogP contribution in [0.3, 0.4) is 0 Å². The van der Waals surface area contributed by atoms with Crippen LogP contribution in [0.15, 0.2) is 0 Å². The van der Waals surface area contributed by atoms with Crippen LogP contribution in [-0.2, 0) is 22.6 Å². The Hall–Kier alpha value is -1.54. The Kier molecular flexibility index (Phi) is 7.10. The molecule has 0 atom stereocenters. The molecule has 8 nitrogen and oxygen atoms in total. The first-order chi connectivity index (χ1) is 9.58. The molecule has 0 aliphatic heterocycles. The first-order valence-corrected chi connectivity index (χ1v) is 6.75. The van der Waals surface area contributed by atoms with Crippen molar-refractivity contribution < 1.29 is 9.53 Å². The topological polar surface area (TPSA) is 76.4 Å². The quantitative estimate of drug-likeness (QED) is 0.615. The van der Waals surface area contributed by atoms with Crippen molar-refractivity contribution >= 4 is 5.91 Å². The van der Waals surface area contributed by atoms with Gasteiger partial charge in [0.2, 0.25) is 5.91 Å². The summed E-state index contributed by atoms with van der Waals surface area (Å²) in [5.41, 5.74) is 0. The van der Waals surface area contributed by atoms with Crippen LogP contribution in [-0.4, -0.2) is 76.8 Å². The molecule has 0 N–H and O–H groups in total. The van der Waals surface area contributed by atoms with E-state index in [9.17, 15) is 4.79 Å². The molecule has 0 aromatic carbocycles. The fourth-order valence-electron chi connectivity index (χ4n) is 1.69. The van der Waals surface area contributed by atoms with Gasteiger partial charge in [0.05, 0.1) is 19.7 Å². The van der Waals surface area contributed by atoms with Gasteiger partial charge < -0.3 is 9.64 Å². The first-order valence-electron chi connectivity index (χ1n) is 6.75. The fraction of sp³-hybridized carbons (Fsp3) is 0.833. The molecule has 0 bridgehead atoms. The number of tetrazole rings is 1. The molecule has 114 valence electrons. The number of likely N-dealkylation sites (N-methyl/N-ethyl adjacent to an activating group) is 1. The van der Waals surface area contributed by atoms with Crippen LogP contribution in [0.2, 0.25) is 0 Å². The lowest BCUT2D eigenvalue weighted by Gasteiger charge is -2.22. The van der Waals surface area contributed by atoms with Gasteiger partial charge in [0.25, 0.3) is 0 Å². The number of carbonyl (C=O) groups is 1. The van der Waals surface area contributed by atoms with Crippen molar-refractivity contribution in [3.05, 3.63) is 5.82 Å². The highest BCUT2D eigenvalue weighted by molar-refractivity contribution is 5.77. The van der Waals surface area contributed by atoms with Gasteiger partial charge in [-0.05, 0) is 16.8 Å². The molecule has 0 saturated carbocycles. The highest BCUT2D eigenvalue weighted by atomic mass is 16.5. The second-order valence-corrected chi connectivity index (χ2v) is 4.81. The third-order valence-electron chi connectivity index (χ3n) is 2.88. The van der Waals surface area contributed by atoms with E-state index in [1.165, 1.54) is 0 Å². The van der Waals surface area contributed by atoms with Gasteiger partial charge in [0.1, 0.15) is 0 Å². The summed E-state index contributed by atoms with van der Waals surface area (Å²) in [6.45, 7) is 4.95. The summed E-state index contributed by atoms with van der Waals surface area (Å²) in [7, 11) is 5.14. The number of nitrogens with zero attached hydrogens (tertiary/aromatic N) is 6. The highest BCUT2D eigenvalue weighted by Gasteiger charge is 2.16. The standard InChI is InChI=1S/C12H24N6O2/c1-5-6-18-11(13-14-15-18)9-17(7-8-20-4)10-12(19)16(2)3/h5-10H2,1-4H3. The molecule has 1 amide bonds. The molecule has 1 rings (SSSR count). The van der Waals surface area contributed by atoms with Gasteiger partial charge in [-0.1, -0.05) is 6.92 Å². The molecule has 8 heteroatoms. The Morgan fingerprint density at radius 1 is 1.40 bits per heavy atom. The molecule has 0 aliphatic carbocycles. The van der Waals surface area contributed by atoms with Crippen molar-refractivity contribution in [2.24, 2.45) is 0 Å². The third-order valence-corrected chi connectivity index (χ3v) is 2.88. The smallest absolute Gasteiger partial charge is 0.236 e. The summed E-state index contributed by atoms with van der Waals surface area (Å²) in [6.07, 6.45) is 0.965. The van der Waals surface area contributed by atoms with E-state index >= 15 is 0 Å². The monoisotopic (exact) mass is 284 g/mol. The van der Waals surface area contributed by atoms with Gasteiger partial charge in [-0.3, -0.25) is 9.69 Å². The summed E-state index contributed by atoms with van der Waals surface area (Å²) in [6, 6.07) is 0. The molecular weight excluding hydrogens is 260 g/mol. The van der Waals surface area contributed by atoms with E-state index in [2.05, 4.69) is 22.4 Å². The molecule has 1 aromatic heterocycles. The Morgan fingerprint density at radius 3 is 2.75 bits per heavy atom. The number of ether oxygens (including phenoxy) is 1. The number of aryl methyl sites for hydroxylation is 1. The van der Waals surface area contributed by atoms with Crippen LogP contribution in [0.4, 0.5) is 0 Å². The van der Waals surface area contributed by atoms with E-state index < -0.39 is 0 Å². The van der Waals surface area contributed by atoms with Crippen molar-refractivity contribution in [3.63, 3.8) is 0 Å². The van der Waals surface area contributed by atoms with Crippen molar-refractivity contribution in [2.45, 2.75) is 26.4 Å². The Balaban J connectivity index is 2.67. The molecule has 0 aliphatic rings. The average molecular weight is 284 g/mol. The first kappa shape index (κ1) is 16.5. The van der Waals surface area contributed by atoms with Crippen LogP contribution in [0, 0.1) is 0 Å². The highest BCUT2D eigenvalue weighted by Crippen LogP contribution is 2.02. The number of methoxy groups -OCH3 is 1. The molecule has 0 saturated heterocycles. The fourth-order valence-corrected chi connectivity index (χ4v) is 1.69. The molecule has 1 heterocycles. The lowest BCUT2D eigenvalue weighted by atomic mass is 10.4. The maximum absolute atomic E-state index is 11.8. The van der Waals surface area contributed by atoms with Crippen molar-refractivity contribution in [1.82, 2.24) is 30.0 Å². The zero-order chi connectivity index (χ0) is 15.0.